The van der Waals surface area contributed by atoms with E-state index in [0.29, 0.717) is 26.2 Å². The SMILES string of the molecule is O=C(O)CCC(=O)NC[C@]1(c2ccccc2)CC[C@H](O)[C@@H](N2CCOCC2)CC1. The second kappa shape index (κ2) is 10.2. The summed E-state index contributed by atoms with van der Waals surface area (Å²) in [5.41, 5.74) is 0.899. The Morgan fingerprint density at radius 1 is 1.10 bits per heavy atom. The van der Waals surface area contributed by atoms with E-state index in [2.05, 4.69) is 22.3 Å². The van der Waals surface area contributed by atoms with Crippen molar-refractivity contribution in [2.45, 2.75) is 56.1 Å². The summed E-state index contributed by atoms with van der Waals surface area (Å²) in [5.74, 6) is -1.21. The third-order valence-electron chi connectivity index (χ3n) is 6.37. The maximum absolute atomic E-state index is 12.2. The van der Waals surface area contributed by atoms with Crippen LogP contribution in [0, 0.1) is 0 Å². The van der Waals surface area contributed by atoms with Crippen molar-refractivity contribution < 1.29 is 24.5 Å². The molecule has 1 aliphatic heterocycles. The van der Waals surface area contributed by atoms with Gasteiger partial charge < -0.3 is 20.3 Å². The van der Waals surface area contributed by atoms with E-state index in [1.54, 1.807) is 0 Å². The van der Waals surface area contributed by atoms with E-state index >= 15 is 0 Å². The number of aliphatic hydroxyl groups is 1. The zero-order chi connectivity index (χ0) is 20.7. The highest BCUT2D eigenvalue weighted by atomic mass is 16.5. The van der Waals surface area contributed by atoms with Gasteiger partial charge in [0.1, 0.15) is 0 Å². The van der Waals surface area contributed by atoms with Crippen LogP contribution in [0.3, 0.4) is 0 Å². The van der Waals surface area contributed by atoms with Crippen LogP contribution in [0.4, 0.5) is 0 Å². The highest BCUT2D eigenvalue weighted by molar-refractivity contribution is 5.80. The van der Waals surface area contributed by atoms with Gasteiger partial charge in [-0.3, -0.25) is 14.5 Å². The first kappa shape index (κ1) is 21.7. The van der Waals surface area contributed by atoms with Crippen LogP contribution in [0.25, 0.3) is 0 Å². The summed E-state index contributed by atoms with van der Waals surface area (Å²) in [7, 11) is 0. The minimum Gasteiger partial charge on any atom is -0.481 e. The standard InChI is InChI=1S/C22H32N2O5/c25-19-9-11-22(17-4-2-1-3-5-17,16-23-20(26)6-7-21(27)28)10-8-18(19)24-12-14-29-15-13-24/h1-5,18-19,25H,6-16H2,(H,23,26)(H,27,28)/t18-,19-,22+/m0/s1. The number of carboxylic acids is 1. The molecule has 0 unspecified atom stereocenters. The Morgan fingerprint density at radius 2 is 1.79 bits per heavy atom. The fourth-order valence-corrected chi connectivity index (χ4v) is 4.63. The van der Waals surface area contributed by atoms with Gasteiger partial charge in [-0.05, 0) is 31.2 Å². The van der Waals surface area contributed by atoms with Crippen LogP contribution >= 0.6 is 0 Å². The van der Waals surface area contributed by atoms with Gasteiger partial charge in [-0.2, -0.15) is 0 Å². The molecule has 1 amide bonds. The van der Waals surface area contributed by atoms with Crippen molar-refractivity contribution in [2.75, 3.05) is 32.8 Å². The van der Waals surface area contributed by atoms with Gasteiger partial charge in [0, 0.05) is 37.5 Å². The zero-order valence-electron chi connectivity index (χ0n) is 16.9. The lowest BCUT2D eigenvalue weighted by Gasteiger charge is -2.37. The minimum absolute atomic E-state index is 0.0147. The summed E-state index contributed by atoms with van der Waals surface area (Å²) in [5, 5.41) is 22.6. The third-order valence-corrected chi connectivity index (χ3v) is 6.37. The molecule has 29 heavy (non-hydrogen) atoms. The van der Waals surface area contributed by atoms with Crippen LogP contribution in [0.2, 0.25) is 0 Å². The van der Waals surface area contributed by atoms with Crippen molar-refractivity contribution in [3.63, 3.8) is 0 Å². The molecule has 3 atom stereocenters. The number of ether oxygens (including phenoxy) is 1. The summed E-state index contributed by atoms with van der Waals surface area (Å²) < 4.78 is 5.46. The molecule has 160 valence electrons. The molecule has 3 rings (SSSR count). The molecule has 1 heterocycles. The molecule has 2 aliphatic rings. The maximum atomic E-state index is 12.2. The van der Waals surface area contributed by atoms with Crippen LogP contribution in [0.15, 0.2) is 30.3 Å². The third kappa shape index (κ3) is 5.78. The van der Waals surface area contributed by atoms with E-state index in [1.807, 2.05) is 18.2 Å². The monoisotopic (exact) mass is 404 g/mol. The van der Waals surface area contributed by atoms with Crippen LogP contribution in [0.5, 0.6) is 0 Å². The summed E-state index contributed by atoms with van der Waals surface area (Å²) in [6.07, 6.45) is 2.57. The Kier molecular flexibility index (Phi) is 7.64. The average Bonchev–Trinajstić information content (AvgIpc) is 2.92. The average molecular weight is 405 g/mol. The second-order valence-electron chi connectivity index (χ2n) is 8.18. The van der Waals surface area contributed by atoms with Crippen LogP contribution in [0.1, 0.15) is 44.1 Å². The number of aliphatic hydroxyl groups excluding tert-OH is 1. The molecule has 1 aliphatic carbocycles. The number of carbonyl (C=O) groups is 2. The molecular formula is C22H32N2O5. The van der Waals surface area contributed by atoms with Crippen molar-refractivity contribution in [2.24, 2.45) is 0 Å². The van der Waals surface area contributed by atoms with Crippen molar-refractivity contribution in [1.29, 1.82) is 0 Å². The lowest BCUT2D eigenvalue weighted by molar-refractivity contribution is -0.138. The predicted octanol–water partition coefficient (Wildman–Crippen LogP) is 1.54. The van der Waals surface area contributed by atoms with Gasteiger partial charge in [-0.1, -0.05) is 30.3 Å². The Bertz CT molecular complexity index is 677. The molecule has 0 aromatic heterocycles. The Morgan fingerprint density at radius 3 is 2.48 bits per heavy atom. The van der Waals surface area contributed by atoms with Gasteiger partial charge in [0.15, 0.2) is 0 Å². The van der Waals surface area contributed by atoms with Crippen molar-refractivity contribution in [1.82, 2.24) is 10.2 Å². The molecule has 0 radical (unpaired) electrons. The molecule has 2 fully saturated rings. The van der Waals surface area contributed by atoms with E-state index in [0.717, 1.165) is 37.9 Å². The number of carboxylic acid groups (broad SMARTS) is 1. The van der Waals surface area contributed by atoms with Crippen LogP contribution in [-0.2, 0) is 19.7 Å². The van der Waals surface area contributed by atoms with Gasteiger partial charge in [-0.15, -0.1) is 0 Å². The summed E-state index contributed by atoms with van der Waals surface area (Å²) in [6.45, 7) is 3.54. The predicted molar refractivity (Wildman–Crippen MR) is 109 cm³/mol. The molecule has 1 aromatic rings. The first-order chi connectivity index (χ1) is 14.0. The first-order valence-electron chi connectivity index (χ1n) is 10.5. The van der Waals surface area contributed by atoms with Crippen molar-refractivity contribution in [3.05, 3.63) is 35.9 Å². The van der Waals surface area contributed by atoms with Crippen molar-refractivity contribution in [3.8, 4) is 0 Å². The summed E-state index contributed by atoms with van der Waals surface area (Å²) in [4.78, 5) is 25.3. The highest BCUT2D eigenvalue weighted by Gasteiger charge is 2.40. The quantitative estimate of drug-likeness (QED) is 0.596. The molecule has 1 saturated heterocycles. The molecule has 0 bridgehead atoms. The number of hydrogen-bond acceptors (Lipinski definition) is 5. The number of aliphatic carboxylic acids is 1. The molecular weight excluding hydrogens is 372 g/mol. The Balaban J connectivity index is 1.73. The van der Waals surface area contributed by atoms with E-state index in [4.69, 9.17) is 9.84 Å². The van der Waals surface area contributed by atoms with Gasteiger partial charge in [0.25, 0.3) is 0 Å². The van der Waals surface area contributed by atoms with Gasteiger partial charge in [-0.25, -0.2) is 0 Å². The summed E-state index contributed by atoms with van der Waals surface area (Å²) >= 11 is 0. The van der Waals surface area contributed by atoms with E-state index in [9.17, 15) is 14.7 Å². The number of morpholine rings is 1. The Labute approximate surface area is 172 Å². The number of nitrogens with zero attached hydrogens (tertiary/aromatic N) is 1. The smallest absolute Gasteiger partial charge is 0.303 e. The largest absolute Gasteiger partial charge is 0.481 e. The van der Waals surface area contributed by atoms with E-state index < -0.39 is 12.1 Å². The normalized spacial score (nSPS) is 28.4. The highest BCUT2D eigenvalue weighted by Crippen LogP contribution is 2.39. The second-order valence-corrected chi connectivity index (χ2v) is 8.18. The molecule has 7 nitrogen and oxygen atoms in total. The molecule has 0 spiro atoms. The lowest BCUT2D eigenvalue weighted by Crippen LogP contribution is -2.48. The number of benzene rings is 1. The van der Waals surface area contributed by atoms with Gasteiger partial charge in [0.2, 0.25) is 5.91 Å². The fraction of sp³-hybridized carbons (Fsp3) is 0.636. The topological polar surface area (TPSA) is 99.1 Å². The molecule has 3 N–H and O–H groups in total. The molecule has 1 aromatic carbocycles. The summed E-state index contributed by atoms with van der Waals surface area (Å²) in [6, 6.07) is 10.3. The van der Waals surface area contributed by atoms with Gasteiger partial charge >= 0.3 is 5.97 Å². The van der Waals surface area contributed by atoms with Crippen molar-refractivity contribution >= 4 is 11.9 Å². The van der Waals surface area contributed by atoms with Gasteiger partial charge in [0.05, 0.1) is 25.7 Å². The number of rotatable bonds is 7. The Hall–Kier alpha value is -1.96. The number of hydrogen-bond donors (Lipinski definition) is 3. The van der Waals surface area contributed by atoms with E-state index in [1.165, 1.54) is 0 Å². The minimum atomic E-state index is -0.969. The van der Waals surface area contributed by atoms with Crippen LogP contribution < -0.4 is 5.32 Å². The lowest BCUT2D eigenvalue weighted by atomic mass is 9.74. The molecule has 1 saturated carbocycles. The number of carbonyl (C=O) groups excluding carboxylic acids is 1. The fourth-order valence-electron chi connectivity index (χ4n) is 4.63. The number of nitrogens with one attached hydrogen (secondary N) is 1. The first-order valence-corrected chi connectivity index (χ1v) is 10.5. The molecule has 7 heteroatoms. The zero-order valence-corrected chi connectivity index (χ0v) is 16.9. The van der Waals surface area contributed by atoms with E-state index in [-0.39, 0.29) is 30.2 Å². The van der Waals surface area contributed by atoms with Crippen LogP contribution in [-0.4, -0.2) is 72.0 Å². The maximum Gasteiger partial charge on any atom is 0.303 e. The number of amides is 1.